The zero-order valence-corrected chi connectivity index (χ0v) is 11.0. The summed E-state index contributed by atoms with van der Waals surface area (Å²) in [6, 6.07) is -1.18. The fraction of sp³-hybridized carbons (Fsp3) is 0.846. The molecule has 2 saturated carbocycles. The Labute approximate surface area is 107 Å². The van der Waals surface area contributed by atoms with E-state index in [2.05, 4.69) is 10.6 Å². The molecule has 0 saturated heterocycles. The van der Waals surface area contributed by atoms with E-state index in [0.29, 0.717) is 12.0 Å². The van der Waals surface area contributed by atoms with Gasteiger partial charge in [0.2, 0.25) is 0 Å². The Kier molecular flexibility index (Phi) is 3.50. The van der Waals surface area contributed by atoms with E-state index in [0.717, 1.165) is 5.92 Å². The maximum absolute atomic E-state index is 11.7. The van der Waals surface area contributed by atoms with Crippen LogP contribution in [0.2, 0.25) is 0 Å². The smallest absolute Gasteiger partial charge is 0.326 e. The first-order valence-electron chi connectivity index (χ1n) is 6.72. The zero-order valence-electron chi connectivity index (χ0n) is 11.0. The van der Waals surface area contributed by atoms with Gasteiger partial charge in [-0.3, -0.25) is 0 Å². The molecule has 0 radical (unpaired) electrons. The third kappa shape index (κ3) is 2.94. The van der Waals surface area contributed by atoms with Crippen LogP contribution in [0.4, 0.5) is 4.79 Å². The highest BCUT2D eigenvalue weighted by Gasteiger charge is 2.53. The van der Waals surface area contributed by atoms with Gasteiger partial charge >= 0.3 is 12.0 Å². The highest BCUT2D eigenvalue weighted by atomic mass is 16.4. The normalized spacial score (nSPS) is 22.4. The first-order chi connectivity index (χ1) is 8.44. The third-order valence-electron chi connectivity index (χ3n) is 4.16. The van der Waals surface area contributed by atoms with Crippen LogP contribution < -0.4 is 10.6 Å². The fourth-order valence-corrected chi connectivity index (χ4v) is 2.55. The number of carbonyl (C=O) groups is 2. The van der Waals surface area contributed by atoms with Gasteiger partial charge in [0, 0.05) is 6.54 Å². The van der Waals surface area contributed by atoms with Crippen LogP contribution >= 0.6 is 0 Å². The molecular weight excluding hydrogens is 232 g/mol. The third-order valence-corrected chi connectivity index (χ3v) is 4.16. The number of carbonyl (C=O) groups excluding carboxylic acids is 1. The molecule has 1 atom stereocenters. The van der Waals surface area contributed by atoms with Gasteiger partial charge in [-0.2, -0.15) is 0 Å². The van der Waals surface area contributed by atoms with Crippen molar-refractivity contribution in [1.82, 2.24) is 10.6 Å². The summed E-state index contributed by atoms with van der Waals surface area (Å²) >= 11 is 0. The number of hydrogen-bond donors (Lipinski definition) is 3. The number of rotatable bonds is 6. The van der Waals surface area contributed by atoms with Crippen molar-refractivity contribution >= 4 is 12.0 Å². The molecule has 3 N–H and O–H groups in total. The van der Waals surface area contributed by atoms with Crippen molar-refractivity contribution in [1.29, 1.82) is 0 Å². The minimum Gasteiger partial charge on any atom is -0.480 e. The highest BCUT2D eigenvalue weighted by Crippen LogP contribution is 2.60. The molecule has 0 aromatic carbocycles. The molecule has 2 fully saturated rings. The van der Waals surface area contributed by atoms with E-state index in [-0.39, 0.29) is 11.9 Å². The summed E-state index contributed by atoms with van der Waals surface area (Å²) in [7, 11) is 0. The minimum atomic E-state index is -0.983. The molecular formula is C13H22N2O3. The Morgan fingerprint density at radius 3 is 2.33 bits per heavy atom. The van der Waals surface area contributed by atoms with Crippen LogP contribution in [0.3, 0.4) is 0 Å². The maximum atomic E-state index is 11.7. The predicted molar refractivity (Wildman–Crippen MR) is 67.2 cm³/mol. The van der Waals surface area contributed by atoms with Crippen LogP contribution in [0, 0.1) is 17.3 Å². The van der Waals surface area contributed by atoms with E-state index in [1.54, 1.807) is 13.8 Å². The molecule has 2 amide bonds. The molecule has 2 aliphatic carbocycles. The molecule has 0 aromatic rings. The molecule has 0 aromatic heterocycles. The van der Waals surface area contributed by atoms with Crippen LogP contribution in [0.5, 0.6) is 0 Å². The molecule has 0 aliphatic heterocycles. The van der Waals surface area contributed by atoms with Gasteiger partial charge in [-0.25, -0.2) is 9.59 Å². The van der Waals surface area contributed by atoms with Crippen LogP contribution in [-0.2, 0) is 4.79 Å². The van der Waals surface area contributed by atoms with Crippen molar-refractivity contribution in [2.24, 2.45) is 17.3 Å². The van der Waals surface area contributed by atoms with Crippen molar-refractivity contribution in [2.45, 2.75) is 45.6 Å². The van der Waals surface area contributed by atoms with Gasteiger partial charge in [-0.15, -0.1) is 0 Å². The lowest BCUT2D eigenvalue weighted by atomic mass is 10.0. The minimum absolute atomic E-state index is 0.119. The summed E-state index contributed by atoms with van der Waals surface area (Å²) in [5, 5.41) is 14.3. The fourth-order valence-electron chi connectivity index (χ4n) is 2.55. The van der Waals surface area contributed by atoms with Gasteiger partial charge < -0.3 is 15.7 Å². The molecule has 5 nitrogen and oxygen atoms in total. The number of carboxylic acids is 1. The van der Waals surface area contributed by atoms with E-state index in [4.69, 9.17) is 5.11 Å². The average Bonchev–Trinajstić information content (AvgIpc) is 3.14. The van der Waals surface area contributed by atoms with Gasteiger partial charge in [-0.05, 0) is 42.9 Å². The average molecular weight is 254 g/mol. The number of urea groups is 1. The first kappa shape index (κ1) is 13.2. The number of amides is 2. The summed E-state index contributed by atoms with van der Waals surface area (Å²) in [6.45, 7) is 4.26. The second-order valence-corrected chi connectivity index (χ2v) is 6.02. The predicted octanol–water partition coefficient (Wildman–Crippen LogP) is 1.58. The quantitative estimate of drug-likeness (QED) is 0.673. The second kappa shape index (κ2) is 4.78. The van der Waals surface area contributed by atoms with Crippen molar-refractivity contribution in [3.63, 3.8) is 0 Å². The molecule has 18 heavy (non-hydrogen) atoms. The lowest BCUT2D eigenvalue weighted by molar-refractivity contribution is -0.140. The first-order valence-corrected chi connectivity index (χ1v) is 6.72. The molecule has 0 unspecified atom stereocenters. The van der Waals surface area contributed by atoms with Crippen molar-refractivity contribution in [3.8, 4) is 0 Å². The highest BCUT2D eigenvalue weighted by molar-refractivity contribution is 5.82. The monoisotopic (exact) mass is 254 g/mol. The molecule has 102 valence electrons. The lowest BCUT2D eigenvalue weighted by Crippen LogP contribution is -2.49. The van der Waals surface area contributed by atoms with Gasteiger partial charge in [0.25, 0.3) is 0 Å². The van der Waals surface area contributed by atoms with Gasteiger partial charge in [0.1, 0.15) is 6.04 Å². The van der Waals surface area contributed by atoms with Crippen molar-refractivity contribution in [2.75, 3.05) is 6.54 Å². The summed E-state index contributed by atoms with van der Waals surface area (Å²) < 4.78 is 0. The maximum Gasteiger partial charge on any atom is 0.326 e. The van der Waals surface area contributed by atoms with Crippen LogP contribution in [0.25, 0.3) is 0 Å². The standard InChI is InChI=1S/C13H22N2O3/c1-8(2)10(11(16)17)15-12(18)14-7-13(5-6-13)9-3-4-9/h8-10H,3-7H2,1-2H3,(H,16,17)(H2,14,15,18)/t10-/m1/s1. The lowest BCUT2D eigenvalue weighted by Gasteiger charge is -2.20. The van der Waals surface area contributed by atoms with Crippen molar-refractivity contribution in [3.05, 3.63) is 0 Å². The van der Waals surface area contributed by atoms with Gasteiger partial charge in [-0.1, -0.05) is 13.8 Å². The number of carboxylic acid groups (broad SMARTS) is 1. The molecule has 0 bridgehead atoms. The number of nitrogens with one attached hydrogen (secondary N) is 2. The van der Waals surface area contributed by atoms with Crippen LogP contribution in [-0.4, -0.2) is 29.7 Å². The summed E-state index contributed by atoms with van der Waals surface area (Å²) in [6.07, 6.45) is 4.97. The molecule has 0 heterocycles. The number of aliphatic carboxylic acids is 1. The van der Waals surface area contributed by atoms with Gasteiger partial charge in [0.05, 0.1) is 0 Å². The van der Waals surface area contributed by atoms with Gasteiger partial charge in [0.15, 0.2) is 0 Å². The zero-order chi connectivity index (χ0) is 13.3. The summed E-state index contributed by atoms with van der Waals surface area (Å²) in [5.41, 5.74) is 0.341. The summed E-state index contributed by atoms with van der Waals surface area (Å²) in [4.78, 5) is 22.7. The van der Waals surface area contributed by atoms with Crippen LogP contribution in [0.1, 0.15) is 39.5 Å². The largest absolute Gasteiger partial charge is 0.480 e. The molecule has 0 spiro atoms. The van der Waals surface area contributed by atoms with E-state index in [9.17, 15) is 9.59 Å². The molecule has 2 rings (SSSR count). The second-order valence-electron chi connectivity index (χ2n) is 6.02. The topological polar surface area (TPSA) is 78.4 Å². The number of hydrogen-bond acceptors (Lipinski definition) is 2. The molecule has 5 heteroatoms. The van der Waals surface area contributed by atoms with E-state index >= 15 is 0 Å². The Hall–Kier alpha value is -1.26. The Morgan fingerprint density at radius 1 is 1.33 bits per heavy atom. The summed E-state index contributed by atoms with van der Waals surface area (Å²) in [5.74, 6) is -0.312. The Bertz CT molecular complexity index is 346. The van der Waals surface area contributed by atoms with E-state index < -0.39 is 12.0 Å². The Morgan fingerprint density at radius 2 is 1.94 bits per heavy atom. The van der Waals surface area contributed by atoms with E-state index in [1.807, 2.05) is 0 Å². The Balaban J connectivity index is 1.76. The van der Waals surface area contributed by atoms with Crippen LogP contribution in [0.15, 0.2) is 0 Å². The van der Waals surface area contributed by atoms with E-state index in [1.165, 1.54) is 25.7 Å². The molecule has 2 aliphatic rings. The SMILES string of the molecule is CC(C)[C@@H](NC(=O)NCC1(C2CC2)CC1)C(=O)O. The van der Waals surface area contributed by atoms with Crippen molar-refractivity contribution < 1.29 is 14.7 Å².